The first-order chi connectivity index (χ1) is 9.67. The average molecular weight is 286 g/mol. The van der Waals surface area contributed by atoms with Crippen LogP contribution in [0.2, 0.25) is 0 Å². The number of carbonyl (C=O) groups excluding carboxylic acids is 1. The lowest BCUT2D eigenvalue weighted by Gasteiger charge is -2.02. The molecular formula is C15H11FN2OS. The molecule has 0 amide bonds. The van der Waals surface area contributed by atoms with Gasteiger partial charge in [-0.3, -0.25) is 4.79 Å². The maximum Gasteiger partial charge on any atom is 0.171 e. The number of hydrogen-bond acceptors (Lipinski definition) is 3. The van der Waals surface area contributed by atoms with Gasteiger partial charge in [-0.05, 0) is 42.4 Å². The zero-order valence-corrected chi connectivity index (χ0v) is 11.5. The van der Waals surface area contributed by atoms with Crippen molar-refractivity contribution in [3.63, 3.8) is 0 Å². The van der Waals surface area contributed by atoms with Crippen LogP contribution in [0.25, 0.3) is 11.0 Å². The fourth-order valence-electron chi connectivity index (χ4n) is 1.97. The second-order valence-electron chi connectivity index (χ2n) is 4.44. The van der Waals surface area contributed by atoms with Crippen LogP contribution in [0.3, 0.4) is 0 Å². The number of rotatable bonds is 3. The van der Waals surface area contributed by atoms with E-state index in [4.69, 9.17) is 0 Å². The highest BCUT2D eigenvalue weighted by atomic mass is 32.2. The van der Waals surface area contributed by atoms with Gasteiger partial charge in [-0.2, -0.15) is 0 Å². The Kier molecular flexibility index (Phi) is 3.28. The number of aryl methyl sites for hydroxylation is 1. The van der Waals surface area contributed by atoms with Crippen molar-refractivity contribution in [1.82, 2.24) is 9.97 Å². The molecule has 0 unspecified atom stereocenters. The number of carbonyl (C=O) groups is 1. The van der Waals surface area contributed by atoms with Crippen LogP contribution in [0.5, 0.6) is 0 Å². The number of aromatic amines is 1. The number of aromatic nitrogens is 2. The minimum Gasteiger partial charge on any atom is -0.333 e. The zero-order valence-electron chi connectivity index (χ0n) is 10.7. The molecule has 0 spiro atoms. The number of H-pyrrole nitrogens is 1. The fraction of sp³-hybridized carbons (Fsp3) is 0.0667. The largest absolute Gasteiger partial charge is 0.333 e. The molecule has 1 aromatic heterocycles. The van der Waals surface area contributed by atoms with Crippen molar-refractivity contribution in [3.8, 4) is 0 Å². The number of aldehydes is 1. The van der Waals surface area contributed by atoms with E-state index >= 15 is 0 Å². The summed E-state index contributed by atoms with van der Waals surface area (Å²) in [6.45, 7) is 1.99. The quantitative estimate of drug-likeness (QED) is 0.741. The van der Waals surface area contributed by atoms with Crippen LogP contribution >= 0.6 is 11.8 Å². The molecule has 0 fully saturated rings. The van der Waals surface area contributed by atoms with Crippen LogP contribution < -0.4 is 0 Å². The van der Waals surface area contributed by atoms with Gasteiger partial charge in [0.1, 0.15) is 5.82 Å². The van der Waals surface area contributed by atoms with Gasteiger partial charge >= 0.3 is 0 Å². The number of nitrogens with one attached hydrogen (secondary N) is 1. The van der Waals surface area contributed by atoms with Gasteiger partial charge in [0.15, 0.2) is 11.4 Å². The van der Waals surface area contributed by atoms with E-state index in [-0.39, 0.29) is 0 Å². The zero-order chi connectivity index (χ0) is 14.1. The maximum atomic E-state index is 13.8. The van der Waals surface area contributed by atoms with Crippen LogP contribution in [0.4, 0.5) is 4.39 Å². The van der Waals surface area contributed by atoms with Crippen molar-refractivity contribution in [1.29, 1.82) is 0 Å². The molecule has 1 N–H and O–H groups in total. The first-order valence-electron chi connectivity index (χ1n) is 6.05. The highest BCUT2D eigenvalue weighted by Crippen LogP contribution is 2.31. The van der Waals surface area contributed by atoms with E-state index in [0.717, 1.165) is 28.4 Å². The summed E-state index contributed by atoms with van der Waals surface area (Å²) in [4.78, 5) is 18.8. The highest BCUT2D eigenvalue weighted by molar-refractivity contribution is 7.99. The number of nitrogens with zero attached hydrogens (tertiary/aromatic N) is 1. The molecule has 0 aliphatic rings. The normalized spacial score (nSPS) is 10.9. The predicted molar refractivity (Wildman–Crippen MR) is 76.7 cm³/mol. The summed E-state index contributed by atoms with van der Waals surface area (Å²) in [6, 6.07) is 10.3. The van der Waals surface area contributed by atoms with Crippen molar-refractivity contribution in [2.24, 2.45) is 0 Å². The lowest BCUT2D eigenvalue weighted by Crippen LogP contribution is -1.90. The predicted octanol–water partition coefficient (Wildman–Crippen LogP) is 3.97. The van der Waals surface area contributed by atoms with Crippen molar-refractivity contribution < 1.29 is 9.18 Å². The molecule has 3 nitrogen and oxygen atoms in total. The smallest absolute Gasteiger partial charge is 0.171 e. The first kappa shape index (κ1) is 12.9. The Morgan fingerprint density at radius 3 is 2.95 bits per heavy atom. The van der Waals surface area contributed by atoms with Gasteiger partial charge in [-0.15, -0.1) is 0 Å². The van der Waals surface area contributed by atoms with Crippen LogP contribution in [-0.2, 0) is 0 Å². The van der Waals surface area contributed by atoms with E-state index in [1.165, 1.54) is 12.1 Å². The molecule has 0 aliphatic heterocycles. The van der Waals surface area contributed by atoms with Crippen LogP contribution in [0.1, 0.15) is 15.9 Å². The Hall–Kier alpha value is -2.14. The van der Waals surface area contributed by atoms with Gasteiger partial charge in [-0.1, -0.05) is 18.2 Å². The average Bonchev–Trinajstić information content (AvgIpc) is 2.82. The van der Waals surface area contributed by atoms with E-state index in [1.807, 2.05) is 25.1 Å². The molecule has 3 rings (SSSR count). The molecule has 3 aromatic rings. The number of halogens is 1. The summed E-state index contributed by atoms with van der Waals surface area (Å²) in [7, 11) is 0. The molecule has 0 saturated heterocycles. The number of fused-ring (bicyclic) bond motifs is 1. The van der Waals surface area contributed by atoms with Gasteiger partial charge in [0, 0.05) is 5.56 Å². The molecule has 2 aromatic carbocycles. The summed E-state index contributed by atoms with van der Waals surface area (Å²) in [5, 5.41) is 0.568. The summed E-state index contributed by atoms with van der Waals surface area (Å²) >= 11 is 1.12. The van der Waals surface area contributed by atoms with Gasteiger partial charge in [-0.25, -0.2) is 9.37 Å². The SMILES string of the molecule is Cc1ccc2nc(Sc3c(F)cccc3C=O)[nH]c2c1. The molecule has 1 heterocycles. The van der Waals surface area contributed by atoms with E-state index in [9.17, 15) is 9.18 Å². The molecule has 20 heavy (non-hydrogen) atoms. The Morgan fingerprint density at radius 2 is 2.15 bits per heavy atom. The number of hydrogen-bond donors (Lipinski definition) is 1. The second kappa shape index (κ2) is 5.09. The number of benzene rings is 2. The Morgan fingerprint density at radius 1 is 1.30 bits per heavy atom. The molecule has 0 atom stereocenters. The molecule has 0 aliphatic carbocycles. The van der Waals surface area contributed by atoms with Crippen molar-refractivity contribution in [3.05, 3.63) is 53.3 Å². The van der Waals surface area contributed by atoms with Crippen LogP contribution in [0.15, 0.2) is 46.5 Å². The minimum absolute atomic E-state index is 0.290. The lowest BCUT2D eigenvalue weighted by atomic mass is 10.2. The molecule has 0 radical (unpaired) electrons. The molecule has 100 valence electrons. The van der Waals surface area contributed by atoms with Gasteiger partial charge in [0.05, 0.1) is 15.9 Å². The molecule has 0 bridgehead atoms. The summed E-state index contributed by atoms with van der Waals surface area (Å²) in [5.41, 5.74) is 3.17. The highest BCUT2D eigenvalue weighted by Gasteiger charge is 2.12. The maximum absolute atomic E-state index is 13.8. The third-order valence-electron chi connectivity index (χ3n) is 2.94. The van der Waals surface area contributed by atoms with E-state index in [1.54, 1.807) is 6.07 Å². The number of imidazole rings is 1. The Bertz CT molecular complexity index is 798. The second-order valence-corrected chi connectivity index (χ2v) is 5.44. The van der Waals surface area contributed by atoms with Crippen molar-refractivity contribution in [2.45, 2.75) is 17.0 Å². The first-order valence-corrected chi connectivity index (χ1v) is 6.87. The Labute approximate surface area is 119 Å². The van der Waals surface area contributed by atoms with Gasteiger partial charge < -0.3 is 4.98 Å². The van der Waals surface area contributed by atoms with Crippen LogP contribution in [-0.4, -0.2) is 16.3 Å². The molecule has 5 heteroatoms. The van der Waals surface area contributed by atoms with Crippen molar-refractivity contribution in [2.75, 3.05) is 0 Å². The monoisotopic (exact) mass is 286 g/mol. The van der Waals surface area contributed by atoms with E-state index in [0.29, 0.717) is 21.9 Å². The standard InChI is InChI=1S/C15H11FN2OS/c1-9-5-6-12-13(7-9)18-15(17-12)20-14-10(8-19)3-2-4-11(14)16/h2-8H,1H3,(H,17,18). The van der Waals surface area contributed by atoms with E-state index < -0.39 is 5.82 Å². The summed E-state index contributed by atoms with van der Waals surface area (Å²) < 4.78 is 13.8. The third kappa shape index (κ3) is 2.32. The fourth-order valence-corrected chi connectivity index (χ4v) is 2.87. The van der Waals surface area contributed by atoms with Gasteiger partial charge in [0.2, 0.25) is 0 Å². The topological polar surface area (TPSA) is 45.8 Å². The van der Waals surface area contributed by atoms with Gasteiger partial charge in [0.25, 0.3) is 0 Å². The lowest BCUT2D eigenvalue weighted by molar-refractivity contribution is 0.112. The van der Waals surface area contributed by atoms with E-state index in [2.05, 4.69) is 9.97 Å². The summed E-state index contributed by atoms with van der Waals surface area (Å²) in [6.07, 6.45) is 0.651. The Balaban J connectivity index is 2.03. The third-order valence-corrected chi connectivity index (χ3v) is 3.96. The molecule has 0 saturated carbocycles. The summed E-state index contributed by atoms with van der Waals surface area (Å²) in [5.74, 6) is -0.420. The van der Waals surface area contributed by atoms with Crippen molar-refractivity contribution >= 4 is 29.1 Å². The molecular weight excluding hydrogens is 275 g/mol. The minimum atomic E-state index is -0.420. The van der Waals surface area contributed by atoms with Crippen LogP contribution in [0, 0.1) is 12.7 Å².